The molecule has 0 aliphatic carbocycles. The Morgan fingerprint density at radius 2 is 2.21 bits per heavy atom. The lowest BCUT2D eigenvalue weighted by Crippen LogP contribution is -2.23. The highest BCUT2D eigenvalue weighted by Gasteiger charge is 2.18. The van der Waals surface area contributed by atoms with E-state index in [-0.39, 0.29) is 16.9 Å². The number of halogens is 3. The van der Waals surface area contributed by atoms with Crippen LogP contribution in [0, 0.1) is 5.82 Å². The van der Waals surface area contributed by atoms with E-state index in [4.69, 9.17) is 11.6 Å². The largest absolute Gasteiger partial charge is 0.310 e. The lowest BCUT2D eigenvalue weighted by Gasteiger charge is -2.19. The highest BCUT2D eigenvalue weighted by Crippen LogP contribution is 2.30. The van der Waals surface area contributed by atoms with Gasteiger partial charge in [0.1, 0.15) is 5.82 Å². The topological polar surface area (TPSA) is 12.0 Å². The molecule has 0 aliphatic rings. The van der Waals surface area contributed by atoms with Crippen molar-refractivity contribution >= 4 is 38.9 Å². The monoisotopic (exact) mass is 361 g/mol. The molecule has 19 heavy (non-hydrogen) atoms. The summed E-state index contributed by atoms with van der Waals surface area (Å²) >= 11 is 11.0. The maximum atomic E-state index is 14.1. The second-order valence-corrected chi connectivity index (χ2v) is 6.41. The van der Waals surface area contributed by atoms with Gasteiger partial charge in [-0.3, -0.25) is 0 Å². The molecule has 1 atom stereocenters. The normalized spacial score (nSPS) is 12.6. The van der Waals surface area contributed by atoms with Gasteiger partial charge in [0, 0.05) is 27.4 Å². The summed E-state index contributed by atoms with van der Waals surface area (Å²) in [5.74, 6) is -0.331. The predicted octanol–water partition coefficient (Wildman–Crippen LogP) is 5.20. The third-order valence-corrected chi connectivity index (χ3v) is 5.13. The second kappa shape index (κ2) is 6.84. The van der Waals surface area contributed by atoms with Crippen molar-refractivity contribution < 1.29 is 4.39 Å². The molecule has 1 heterocycles. The number of thiophene rings is 1. The standard InChI is InChI=1S/C14H14BrClFNS/c1-2-18-12(8-13-10(15)6-7-19-13)9-4-3-5-11(16)14(9)17/h3-7,12,18H,2,8H2,1H3. The van der Waals surface area contributed by atoms with E-state index >= 15 is 0 Å². The molecule has 0 saturated heterocycles. The zero-order valence-electron chi connectivity index (χ0n) is 10.4. The third kappa shape index (κ3) is 3.57. The molecule has 0 radical (unpaired) electrons. The average molecular weight is 363 g/mol. The van der Waals surface area contributed by atoms with Crippen LogP contribution in [0.4, 0.5) is 4.39 Å². The van der Waals surface area contributed by atoms with E-state index in [1.807, 2.05) is 18.4 Å². The summed E-state index contributed by atoms with van der Waals surface area (Å²) in [6.07, 6.45) is 0.739. The van der Waals surface area contributed by atoms with Crippen LogP contribution in [0.25, 0.3) is 0 Å². The quantitative estimate of drug-likeness (QED) is 0.771. The van der Waals surface area contributed by atoms with E-state index in [9.17, 15) is 4.39 Å². The van der Waals surface area contributed by atoms with Gasteiger partial charge in [-0.05, 0) is 40.0 Å². The van der Waals surface area contributed by atoms with Crippen LogP contribution in [-0.2, 0) is 6.42 Å². The first kappa shape index (κ1) is 15.0. The molecular weight excluding hydrogens is 349 g/mol. The second-order valence-electron chi connectivity index (χ2n) is 4.15. The molecule has 0 fully saturated rings. The number of hydrogen-bond acceptors (Lipinski definition) is 2. The molecule has 102 valence electrons. The Hall–Kier alpha value is -0.420. The Labute approximate surface area is 129 Å². The Bertz CT molecular complexity index is 558. The van der Waals surface area contributed by atoms with Crippen molar-refractivity contribution in [3.8, 4) is 0 Å². The van der Waals surface area contributed by atoms with Crippen molar-refractivity contribution in [1.29, 1.82) is 0 Å². The molecule has 2 rings (SSSR count). The Morgan fingerprint density at radius 1 is 1.42 bits per heavy atom. The SMILES string of the molecule is CCNC(Cc1sccc1Br)c1cccc(Cl)c1F. The molecule has 0 aliphatic heterocycles. The molecule has 1 unspecified atom stereocenters. The Morgan fingerprint density at radius 3 is 2.84 bits per heavy atom. The zero-order chi connectivity index (χ0) is 13.8. The lowest BCUT2D eigenvalue weighted by molar-refractivity contribution is 0.512. The first-order valence-corrected chi connectivity index (χ1v) is 8.07. The maximum absolute atomic E-state index is 14.1. The number of rotatable bonds is 5. The molecule has 0 bridgehead atoms. The van der Waals surface area contributed by atoms with Gasteiger partial charge >= 0.3 is 0 Å². The van der Waals surface area contributed by atoms with Gasteiger partial charge in [0.05, 0.1) is 5.02 Å². The highest BCUT2D eigenvalue weighted by atomic mass is 79.9. The first-order valence-electron chi connectivity index (χ1n) is 6.02. The van der Waals surface area contributed by atoms with Crippen LogP contribution in [0.15, 0.2) is 34.1 Å². The van der Waals surface area contributed by atoms with Gasteiger partial charge in [0.25, 0.3) is 0 Å². The summed E-state index contributed by atoms with van der Waals surface area (Å²) in [6, 6.07) is 7.09. The van der Waals surface area contributed by atoms with E-state index < -0.39 is 0 Å². The molecule has 1 N–H and O–H groups in total. The van der Waals surface area contributed by atoms with Crippen LogP contribution >= 0.6 is 38.9 Å². The summed E-state index contributed by atoms with van der Waals surface area (Å²) in [5.41, 5.74) is 0.620. The zero-order valence-corrected chi connectivity index (χ0v) is 13.6. The van der Waals surface area contributed by atoms with Crippen molar-refractivity contribution in [2.45, 2.75) is 19.4 Å². The van der Waals surface area contributed by atoms with E-state index in [1.165, 1.54) is 4.88 Å². The minimum Gasteiger partial charge on any atom is -0.310 e. The van der Waals surface area contributed by atoms with Gasteiger partial charge in [-0.1, -0.05) is 30.7 Å². The smallest absolute Gasteiger partial charge is 0.146 e. The highest BCUT2D eigenvalue weighted by molar-refractivity contribution is 9.10. The molecule has 1 aromatic heterocycles. The summed E-state index contributed by atoms with van der Waals surface area (Å²) in [6.45, 7) is 2.79. The van der Waals surface area contributed by atoms with E-state index in [1.54, 1.807) is 29.5 Å². The molecule has 5 heteroatoms. The molecule has 0 spiro atoms. The van der Waals surface area contributed by atoms with Crippen LogP contribution < -0.4 is 5.32 Å². The Balaban J connectivity index is 2.29. The molecule has 0 saturated carbocycles. The van der Waals surface area contributed by atoms with Gasteiger partial charge in [0.2, 0.25) is 0 Å². The lowest BCUT2D eigenvalue weighted by atomic mass is 10.0. The Kier molecular flexibility index (Phi) is 5.39. The number of hydrogen-bond donors (Lipinski definition) is 1. The maximum Gasteiger partial charge on any atom is 0.146 e. The van der Waals surface area contributed by atoms with Gasteiger partial charge in [0.15, 0.2) is 0 Å². The minimum atomic E-state index is -0.331. The van der Waals surface area contributed by atoms with Crippen LogP contribution in [0.2, 0.25) is 5.02 Å². The van der Waals surface area contributed by atoms with E-state index in [2.05, 4.69) is 21.2 Å². The van der Waals surface area contributed by atoms with E-state index in [0.717, 1.165) is 17.4 Å². The van der Waals surface area contributed by atoms with Crippen molar-refractivity contribution in [1.82, 2.24) is 5.32 Å². The molecule has 1 aromatic carbocycles. The fourth-order valence-electron chi connectivity index (χ4n) is 1.98. The van der Waals surface area contributed by atoms with Crippen molar-refractivity contribution in [2.24, 2.45) is 0 Å². The van der Waals surface area contributed by atoms with Crippen LogP contribution in [0.3, 0.4) is 0 Å². The summed E-state index contributed by atoms with van der Waals surface area (Å²) in [5, 5.41) is 5.52. The summed E-state index contributed by atoms with van der Waals surface area (Å²) in [7, 11) is 0. The van der Waals surface area contributed by atoms with E-state index in [0.29, 0.717) is 5.56 Å². The summed E-state index contributed by atoms with van der Waals surface area (Å²) in [4.78, 5) is 1.20. The molecule has 0 amide bonds. The van der Waals surface area contributed by atoms with Gasteiger partial charge < -0.3 is 5.32 Å². The van der Waals surface area contributed by atoms with Crippen LogP contribution in [0.1, 0.15) is 23.4 Å². The molecular formula is C14H14BrClFNS. The van der Waals surface area contributed by atoms with Crippen LogP contribution in [0.5, 0.6) is 0 Å². The fraction of sp³-hybridized carbons (Fsp3) is 0.286. The molecule has 2 aromatic rings. The predicted molar refractivity (Wildman–Crippen MR) is 83.6 cm³/mol. The number of nitrogens with one attached hydrogen (secondary N) is 1. The summed E-state index contributed by atoms with van der Waals surface area (Å²) < 4.78 is 15.2. The van der Waals surface area contributed by atoms with Gasteiger partial charge in [-0.15, -0.1) is 11.3 Å². The third-order valence-electron chi connectivity index (χ3n) is 2.89. The van der Waals surface area contributed by atoms with Crippen molar-refractivity contribution in [2.75, 3.05) is 6.54 Å². The molecule has 1 nitrogen and oxygen atoms in total. The van der Waals surface area contributed by atoms with Crippen LogP contribution in [-0.4, -0.2) is 6.54 Å². The van der Waals surface area contributed by atoms with Gasteiger partial charge in [-0.2, -0.15) is 0 Å². The van der Waals surface area contributed by atoms with Gasteiger partial charge in [-0.25, -0.2) is 4.39 Å². The number of likely N-dealkylation sites (N-methyl/N-ethyl adjacent to an activating group) is 1. The van der Waals surface area contributed by atoms with Crippen molar-refractivity contribution in [3.05, 3.63) is 55.4 Å². The van der Waals surface area contributed by atoms with Crippen molar-refractivity contribution in [3.63, 3.8) is 0 Å². The minimum absolute atomic E-state index is 0.0707. The number of benzene rings is 1. The first-order chi connectivity index (χ1) is 9.13. The fourth-order valence-corrected chi connectivity index (χ4v) is 3.73. The average Bonchev–Trinajstić information content (AvgIpc) is 2.78.